The van der Waals surface area contributed by atoms with Gasteiger partial charge in [-0.05, 0) is 32.4 Å². The number of urea groups is 1. The molecule has 0 bridgehead atoms. The largest absolute Gasteiger partial charge is 0.382 e. The van der Waals surface area contributed by atoms with Gasteiger partial charge in [0.25, 0.3) is 0 Å². The minimum Gasteiger partial charge on any atom is -0.382 e. The quantitative estimate of drug-likeness (QED) is 0.753. The highest BCUT2D eigenvalue weighted by atomic mass is 16.5. The summed E-state index contributed by atoms with van der Waals surface area (Å²) in [6.07, 6.45) is 1.11. The van der Waals surface area contributed by atoms with Crippen molar-refractivity contribution in [3.05, 3.63) is 29.8 Å². The van der Waals surface area contributed by atoms with Crippen molar-refractivity contribution in [1.29, 1.82) is 0 Å². The van der Waals surface area contributed by atoms with Crippen LogP contribution in [-0.4, -0.2) is 44.3 Å². The smallest absolute Gasteiger partial charge is 0.315 e. The van der Waals surface area contributed by atoms with Crippen LogP contribution in [-0.2, 0) is 9.53 Å². The summed E-state index contributed by atoms with van der Waals surface area (Å²) in [5.74, 6) is 0.0375. The van der Waals surface area contributed by atoms with Crippen LogP contribution in [0.2, 0.25) is 0 Å². The molecule has 6 nitrogen and oxygen atoms in total. The third kappa shape index (κ3) is 5.25. The number of ether oxygens (including phenoxy) is 1. The first kappa shape index (κ1) is 17.3. The van der Waals surface area contributed by atoms with Crippen LogP contribution in [0, 0.1) is 6.92 Å². The molecular formula is C17H25N3O3. The standard InChI is InChI=1S/C17H25N3O3/c1-3-23-10-4-9-18-17(22)19-14-11-16(21)20(12-14)15-7-5-13(2)6-8-15/h5-8,14H,3-4,9-12H2,1-2H3,(H2,18,19,22)/t14-/m1/s1. The highest BCUT2D eigenvalue weighted by Crippen LogP contribution is 2.21. The number of nitrogens with zero attached hydrogens (tertiary/aromatic N) is 1. The highest BCUT2D eigenvalue weighted by Gasteiger charge is 2.31. The van der Waals surface area contributed by atoms with Gasteiger partial charge in [0.15, 0.2) is 0 Å². The average molecular weight is 319 g/mol. The van der Waals surface area contributed by atoms with Gasteiger partial charge in [-0.2, -0.15) is 0 Å². The zero-order valence-corrected chi connectivity index (χ0v) is 13.8. The third-order valence-corrected chi connectivity index (χ3v) is 3.76. The van der Waals surface area contributed by atoms with E-state index >= 15 is 0 Å². The van der Waals surface area contributed by atoms with Gasteiger partial charge in [-0.25, -0.2) is 4.79 Å². The Balaban J connectivity index is 1.76. The number of rotatable bonds is 7. The lowest BCUT2D eigenvalue weighted by Crippen LogP contribution is -2.43. The molecule has 1 atom stereocenters. The molecule has 0 aromatic heterocycles. The van der Waals surface area contributed by atoms with E-state index in [4.69, 9.17) is 4.74 Å². The van der Waals surface area contributed by atoms with E-state index < -0.39 is 0 Å². The molecule has 1 heterocycles. The van der Waals surface area contributed by atoms with Crippen molar-refractivity contribution in [3.8, 4) is 0 Å². The van der Waals surface area contributed by atoms with Crippen molar-refractivity contribution >= 4 is 17.6 Å². The van der Waals surface area contributed by atoms with E-state index in [1.807, 2.05) is 38.1 Å². The van der Waals surface area contributed by atoms with Gasteiger partial charge in [0, 0.05) is 38.4 Å². The fourth-order valence-corrected chi connectivity index (χ4v) is 2.54. The van der Waals surface area contributed by atoms with Crippen LogP contribution in [0.5, 0.6) is 0 Å². The lowest BCUT2D eigenvalue weighted by molar-refractivity contribution is -0.117. The summed E-state index contributed by atoms with van der Waals surface area (Å²) in [5.41, 5.74) is 2.03. The maximum Gasteiger partial charge on any atom is 0.315 e. The second-order valence-electron chi connectivity index (χ2n) is 5.69. The van der Waals surface area contributed by atoms with Gasteiger partial charge in [0.1, 0.15) is 0 Å². The Hall–Kier alpha value is -2.08. The number of hydrogen-bond donors (Lipinski definition) is 2. The number of benzene rings is 1. The van der Waals surface area contributed by atoms with Crippen LogP contribution in [0.1, 0.15) is 25.3 Å². The van der Waals surface area contributed by atoms with Crippen LogP contribution >= 0.6 is 0 Å². The molecule has 0 unspecified atom stereocenters. The predicted molar refractivity (Wildman–Crippen MR) is 89.6 cm³/mol. The molecular weight excluding hydrogens is 294 g/mol. The van der Waals surface area contributed by atoms with E-state index in [-0.39, 0.29) is 18.0 Å². The zero-order valence-electron chi connectivity index (χ0n) is 13.8. The van der Waals surface area contributed by atoms with Gasteiger partial charge in [-0.15, -0.1) is 0 Å². The predicted octanol–water partition coefficient (Wildman–Crippen LogP) is 1.83. The summed E-state index contributed by atoms with van der Waals surface area (Å²) < 4.78 is 5.21. The molecule has 6 heteroatoms. The SMILES string of the molecule is CCOCCCNC(=O)N[C@@H]1CC(=O)N(c2ccc(C)cc2)C1. The molecule has 2 rings (SSSR count). The summed E-state index contributed by atoms with van der Waals surface area (Å²) in [5, 5.41) is 5.64. The first-order valence-electron chi connectivity index (χ1n) is 8.09. The van der Waals surface area contributed by atoms with Crippen LogP contribution in [0.3, 0.4) is 0 Å². The van der Waals surface area contributed by atoms with Crippen LogP contribution in [0.25, 0.3) is 0 Å². The molecule has 23 heavy (non-hydrogen) atoms. The van der Waals surface area contributed by atoms with E-state index in [0.29, 0.717) is 32.7 Å². The van der Waals surface area contributed by atoms with Crippen molar-refractivity contribution < 1.29 is 14.3 Å². The van der Waals surface area contributed by atoms with Crippen molar-refractivity contribution in [1.82, 2.24) is 10.6 Å². The van der Waals surface area contributed by atoms with Crippen molar-refractivity contribution in [2.24, 2.45) is 0 Å². The van der Waals surface area contributed by atoms with E-state index in [9.17, 15) is 9.59 Å². The first-order chi connectivity index (χ1) is 11.1. The number of carbonyl (C=O) groups excluding carboxylic acids is 2. The number of nitrogens with one attached hydrogen (secondary N) is 2. The van der Waals surface area contributed by atoms with Gasteiger partial charge in [-0.3, -0.25) is 4.79 Å². The molecule has 1 saturated heterocycles. The summed E-state index contributed by atoms with van der Waals surface area (Å²) in [4.78, 5) is 25.7. The minimum absolute atomic E-state index is 0.0375. The summed E-state index contributed by atoms with van der Waals surface area (Å²) in [6.45, 7) is 6.35. The Morgan fingerprint density at radius 2 is 2.09 bits per heavy atom. The normalized spacial score (nSPS) is 17.4. The highest BCUT2D eigenvalue weighted by molar-refractivity contribution is 5.96. The van der Waals surface area contributed by atoms with Gasteiger partial charge in [0.2, 0.25) is 5.91 Å². The molecule has 0 spiro atoms. The lowest BCUT2D eigenvalue weighted by Gasteiger charge is -2.17. The van der Waals surface area contributed by atoms with Crippen LogP contribution in [0.4, 0.5) is 10.5 Å². The zero-order chi connectivity index (χ0) is 16.7. The van der Waals surface area contributed by atoms with Crippen molar-refractivity contribution in [3.63, 3.8) is 0 Å². The van der Waals surface area contributed by atoms with Crippen LogP contribution < -0.4 is 15.5 Å². The van der Waals surface area contributed by atoms with Crippen molar-refractivity contribution in [2.45, 2.75) is 32.7 Å². The van der Waals surface area contributed by atoms with E-state index in [1.165, 1.54) is 0 Å². The molecule has 1 fully saturated rings. The van der Waals surface area contributed by atoms with E-state index in [0.717, 1.165) is 17.7 Å². The molecule has 0 aliphatic carbocycles. The molecule has 1 aliphatic heterocycles. The average Bonchev–Trinajstić information content (AvgIpc) is 2.88. The molecule has 3 amide bonds. The maximum atomic E-state index is 12.1. The fourth-order valence-electron chi connectivity index (χ4n) is 2.54. The number of anilines is 1. The second kappa shape index (κ2) is 8.53. The Kier molecular flexibility index (Phi) is 6.40. The first-order valence-corrected chi connectivity index (χ1v) is 8.09. The topological polar surface area (TPSA) is 70.7 Å². The van der Waals surface area contributed by atoms with Gasteiger partial charge >= 0.3 is 6.03 Å². The maximum absolute atomic E-state index is 12.1. The number of hydrogen-bond acceptors (Lipinski definition) is 3. The Labute approximate surface area is 137 Å². The second-order valence-corrected chi connectivity index (χ2v) is 5.69. The Bertz CT molecular complexity index is 530. The third-order valence-electron chi connectivity index (χ3n) is 3.76. The van der Waals surface area contributed by atoms with Crippen LogP contribution in [0.15, 0.2) is 24.3 Å². The Morgan fingerprint density at radius 1 is 1.35 bits per heavy atom. The van der Waals surface area contributed by atoms with Gasteiger partial charge < -0.3 is 20.3 Å². The molecule has 2 N–H and O–H groups in total. The number of amides is 3. The minimum atomic E-state index is -0.231. The van der Waals surface area contributed by atoms with E-state index in [1.54, 1.807) is 4.90 Å². The molecule has 1 aliphatic rings. The van der Waals surface area contributed by atoms with E-state index in [2.05, 4.69) is 10.6 Å². The molecule has 1 aromatic carbocycles. The number of carbonyl (C=O) groups is 2. The molecule has 126 valence electrons. The lowest BCUT2D eigenvalue weighted by atomic mass is 10.2. The summed E-state index contributed by atoms with van der Waals surface area (Å²) in [6, 6.07) is 7.44. The van der Waals surface area contributed by atoms with Gasteiger partial charge in [0.05, 0.1) is 6.04 Å². The molecule has 1 aromatic rings. The number of aryl methyl sites for hydroxylation is 1. The molecule has 0 saturated carbocycles. The Morgan fingerprint density at radius 3 is 2.78 bits per heavy atom. The summed E-state index contributed by atoms with van der Waals surface area (Å²) in [7, 11) is 0. The fraction of sp³-hybridized carbons (Fsp3) is 0.529. The van der Waals surface area contributed by atoms with Gasteiger partial charge in [-0.1, -0.05) is 17.7 Å². The summed E-state index contributed by atoms with van der Waals surface area (Å²) >= 11 is 0. The monoisotopic (exact) mass is 319 g/mol. The molecule has 0 radical (unpaired) electrons. The van der Waals surface area contributed by atoms with Crippen molar-refractivity contribution in [2.75, 3.05) is 31.2 Å².